The van der Waals surface area contributed by atoms with Crippen molar-refractivity contribution in [2.24, 2.45) is 0 Å². The van der Waals surface area contributed by atoms with Crippen molar-refractivity contribution in [2.75, 3.05) is 0 Å². The number of rotatable bonds is 6. The summed E-state index contributed by atoms with van der Waals surface area (Å²) in [5, 5.41) is 0. The number of benzene rings is 3. The molecule has 0 atom stereocenters. The second-order valence-electron chi connectivity index (χ2n) is 6.84. The fourth-order valence-corrected chi connectivity index (χ4v) is 2.74. The maximum atomic E-state index is 12.1. The molecule has 0 aliphatic heterocycles. The maximum Gasteiger partial charge on any atom is 0.338 e. The normalized spacial score (nSPS) is 10.6. The first-order valence-corrected chi connectivity index (χ1v) is 9.46. The summed E-state index contributed by atoms with van der Waals surface area (Å²) in [4.78, 5) is 23.8. The molecule has 3 aromatic rings. The van der Waals surface area contributed by atoms with Crippen molar-refractivity contribution in [3.8, 4) is 22.6 Å². The highest BCUT2D eigenvalue weighted by Gasteiger charge is 2.08. The van der Waals surface area contributed by atoms with Crippen LogP contribution in [0.15, 0.2) is 91.0 Å². The van der Waals surface area contributed by atoms with E-state index >= 15 is 0 Å². The lowest BCUT2D eigenvalue weighted by Gasteiger charge is -2.08. The average Bonchev–Trinajstić information content (AvgIpc) is 2.75. The highest BCUT2D eigenvalue weighted by molar-refractivity contribution is 5.90. The maximum absolute atomic E-state index is 12.1. The molecule has 0 amide bonds. The first-order chi connectivity index (χ1) is 14.4. The number of aryl methyl sites for hydroxylation is 1. The molecule has 0 N–H and O–H groups in total. The molecule has 3 aromatic carbocycles. The third-order valence-corrected chi connectivity index (χ3v) is 4.34. The molecule has 0 radical (unpaired) electrons. The van der Waals surface area contributed by atoms with Crippen molar-refractivity contribution in [2.45, 2.75) is 13.8 Å². The predicted molar refractivity (Wildman–Crippen MR) is 118 cm³/mol. The minimum atomic E-state index is -0.474. The highest BCUT2D eigenvalue weighted by atomic mass is 16.5. The van der Waals surface area contributed by atoms with Crippen molar-refractivity contribution in [1.29, 1.82) is 0 Å². The molecule has 150 valence electrons. The van der Waals surface area contributed by atoms with E-state index in [9.17, 15) is 9.59 Å². The first kappa shape index (κ1) is 20.8. The van der Waals surface area contributed by atoms with Gasteiger partial charge in [0.1, 0.15) is 11.5 Å². The van der Waals surface area contributed by atoms with Crippen molar-refractivity contribution in [3.05, 3.63) is 102 Å². The molecular formula is C26H22O4. The van der Waals surface area contributed by atoms with Gasteiger partial charge in [-0.15, -0.1) is 0 Å². The van der Waals surface area contributed by atoms with Crippen LogP contribution in [0.25, 0.3) is 17.2 Å². The van der Waals surface area contributed by atoms with Gasteiger partial charge in [0.25, 0.3) is 0 Å². The van der Waals surface area contributed by atoms with Crippen molar-refractivity contribution >= 4 is 18.0 Å². The smallest absolute Gasteiger partial charge is 0.338 e. The molecule has 0 heterocycles. The second-order valence-corrected chi connectivity index (χ2v) is 6.84. The van der Waals surface area contributed by atoms with Gasteiger partial charge >= 0.3 is 11.9 Å². The summed E-state index contributed by atoms with van der Waals surface area (Å²) in [5.41, 5.74) is 4.05. The van der Waals surface area contributed by atoms with Gasteiger partial charge in [0.05, 0.1) is 0 Å². The molecular weight excluding hydrogens is 376 g/mol. The molecule has 0 fully saturated rings. The van der Waals surface area contributed by atoms with Crippen LogP contribution in [0.4, 0.5) is 0 Å². The second kappa shape index (κ2) is 9.52. The van der Waals surface area contributed by atoms with Gasteiger partial charge in [0.15, 0.2) is 0 Å². The van der Waals surface area contributed by atoms with Gasteiger partial charge in [-0.05, 0) is 66.4 Å². The summed E-state index contributed by atoms with van der Waals surface area (Å²) in [5.74, 6) is -0.00930. The Labute approximate surface area is 176 Å². The van der Waals surface area contributed by atoms with Gasteiger partial charge in [-0.25, -0.2) is 9.59 Å². The number of ether oxygens (including phenoxy) is 2. The molecule has 0 saturated carbocycles. The molecule has 0 spiro atoms. The van der Waals surface area contributed by atoms with Gasteiger partial charge in [0.2, 0.25) is 0 Å². The van der Waals surface area contributed by atoms with E-state index in [1.807, 2.05) is 55.5 Å². The highest BCUT2D eigenvalue weighted by Crippen LogP contribution is 2.23. The Kier molecular flexibility index (Phi) is 6.60. The molecule has 0 unspecified atom stereocenters. The topological polar surface area (TPSA) is 52.6 Å². The van der Waals surface area contributed by atoms with Crippen LogP contribution in [0.1, 0.15) is 18.1 Å². The fraction of sp³-hybridized carbons (Fsp3) is 0.0769. The van der Waals surface area contributed by atoms with Crippen LogP contribution in [-0.2, 0) is 9.59 Å². The standard InChI is InChI=1S/C26H22O4/c1-18(2)26(28)30-24-15-9-20(17-19(24)3)10-16-25(27)29-23-13-11-22(12-14-23)21-7-5-4-6-8-21/h4-17H,1H2,2-3H3. The van der Waals surface area contributed by atoms with Crippen LogP contribution in [-0.4, -0.2) is 11.9 Å². The van der Waals surface area contributed by atoms with Crippen molar-refractivity contribution in [3.63, 3.8) is 0 Å². The Bertz CT molecular complexity index is 1090. The molecule has 0 aliphatic carbocycles. The van der Waals surface area contributed by atoms with Gasteiger partial charge in [0, 0.05) is 11.6 Å². The Morgan fingerprint density at radius 2 is 1.53 bits per heavy atom. The zero-order chi connectivity index (χ0) is 21.5. The Morgan fingerprint density at radius 3 is 2.17 bits per heavy atom. The molecule has 4 nitrogen and oxygen atoms in total. The van der Waals surface area contributed by atoms with Crippen LogP contribution in [0.3, 0.4) is 0 Å². The van der Waals surface area contributed by atoms with Crippen LogP contribution in [0.5, 0.6) is 11.5 Å². The molecule has 0 bridgehead atoms. The number of hydrogen-bond acceptors (Lipinski definition) is 4. The van der Waals surface area contributed by atoms with E-state index in [2.05, 4.69) is 6.58 Å². The lowest BCUT2D eigenvalue weighted by molar-refractivity contribution is -0.130. The van der Waals surface area contributed by atoms with E-state index in [0.29, 0.717) is 17.1 Å². The molecule has 0 aliphatic rings. The summed E-state index contributed by atoms with van der Waals surface area (Å²) >= 11 is 0. The molecule has 4 heteroatoms. The lowest BCUT2D eigenvalue weighted by Crippen LogP contribution is -2.09. The van der Waals surface area contributed by atoms with E-state index in [1.54, 1.807) is 37.3 Å². The summed E-state index contributed by atoms with van der Waals surface area (Å²) in [6, 6.07) is 22.6. The molecule has 30 heavy (non-hydrogen) atoms. The fourth-order valence-electron chi connectivity index (χ4n) is 2.74. The zero-order valence-electron chi connectivity index (χ0n) is 16.9. The average molecular weight is 398 g/mol. The van der Waals surface area contributed by atoms with Crippen molar-refractivity contribution in [1.82, 2.24) is 0 Å². The van der Waals surface area contributed by atoms with E-state index in [-0.39, 0.29) is 0 Å². The van der Waals surface area contributed by atoms with Crippen LogP contribution >= 0.6 is 0 Å². The minimum absolute atomic E-state index is 0.331. The number of hydrogen-bond donors (Lipinski definition) is 0. The van der Waals surface area contributed by atoms with Crippen LogP contribution in [0.2, 0.25) is 0 Å². The molecule has 0 saturated heterocycles. The summed E-state index contributed by atoms with van der Waals surface area (Å²) in [6.45, 7) is 6.98. The third-order valence-electron chi connectivity index (χ3n) is 4.34. The van der Waals surface area contributed by atoms with Gasteiger partial charge < -0.3 is 9.47 Å². The molecule has 3 rings (SSSR count). The number of carbonyl (C=O) groups is 2. The summed E-state index contributed by atoms with van der Waals surface area (Å²) in [6.07, 6.45) is 3.01. The Hall–Kier alpha value is -3.92. The van der Waals surface area contributed by atoms with E-state index in [1.165, 1.54) is 6.08 Å². The van der Waals surface area contributed by atoms with E-state index in [0.717, 1.165) is 22.3 Å². The number of carbonyl (C=O) groups excluding carboxylic acids is 2. The summed E-state index contributed by atoms with van der Waals surface area (Å²) < 4.78 is 10.6. The van der Waals surface area contributed by atoms with Crippen molar-refractivity contribution < 1.29 is 19.1 Å². The summed E-state index contributed by atoms with van der Waals surface area (Å²) in [7, 11) is 0. The quantitative estimate of drug-likeness (QED) is 0.301. The first-order valence-electron chi connectivity index (χ1n) is 9.46. The monoisotopic (exact) mass is 398 g/mol. The SMILES string of the molecule is C=C(C)C(=O)Oc1ccc(C=CC(=O)Oc2ccc(-c3ccccc3)cc2)cc1C. The largest absolute Gasteiger partial charge is 0.423 e. The number of esters is 2. The van der Waals surface area contributed by atoms with Gasteiger partial charge in [-0.2, -0.15) is 0 Å². The predicted octanol–water partition coefficient (Wildman–Crippen LogP) is 5.76. The molecule has 0 aromatic heterocycles. The lowest BCUT2D eigenvalue weighted by atomic mass is 10.1. The van der Waals surface area contributed by atoms with Crippen LogP contribution < -0.4 is 9.47 Å². The Balaban J connectivity index is 1.61. The van der Waals surface area contributed by atoms with Crippen LogP contribution in [0, 0.1) is 6.92 Å². The minimum Gasteiger partial charge on any atom is -0.423 e. The van der Waals surface area contributed by atoms with Gasteiger partial charge in [-0.3, -0.25) is 0 Å². The van der Waals surface area contributed by atoms with Gasteiger partial charge in [-0.1, -0.05) is 55.1 Å². The zero-order valence-corrected chi connectivity index (χ0v) is 16.9. The van der Waals surface area contributed by atoms with E-state index in [4.69, 9.17) is 9.47 Å². The van der Waals surface area contributed by atoms with E-state index < -0.39 is 11.9 Å². The third kappa shape index (κ3) is 5.55. The Morgan fingerprint density at radius 1 is 0.867 bits per heavy atom.